The molecule has 0 bridgehead atoms. The van der Waals surface area contributed by atoms with Crippen LogP contribution in [0, 0.1) is 6.92 Å². The van der Waals surface area contributed by atoms with Crippen molar-refractivity contribution in [1.82, 2.24) is 5.43 Å². The van der Waals surface area contributed by atoms with E-state index < -0.39 is 0 Å². The molecular weight excluding hydrogens is 204 g/mol. The molecule has 0 saturated carbocycles. The maximum Gasteiger partial charge on any atom is 0.277 e. The van der Waals surface area contributed by atoms with E-state index in [-0.39, 0.29) is 12.5 Å². The third-order valence-electron chi connectivity index (χ3n) is 1.92. The summed E-state index contributed by atoms with van der Waals surface area (Å²) in [5.41, 5.74) is 3.39. The summed E-state index contributed by atoms with van der Waals surface area (Å²) in [7, 11) is 0. The Kier molecular flexibility index (Phi) is 5.05. The van der Waals surface area contributed by atoms with Crippen molar-refractivity contribution in [2.24, 2.45) is 5.10 Å². The van der Waals surface area contributed by atoms with Crippen molar-refractivity contribution in [2.45, 2.75) is 20.3 Å². The number of hydrazone groups is 1. The van der Waals surface area contributed by atoms with Gasteiger partial charge in [0.05, 0.1) is 0 Å². The Bertz CT molecular complexity index is 375. The summed E-state index contributed by atoms with van der Waals surface area (Å²) in [4.78, 5) is 11.3. The number of benzene rings is 1. The van der Waals surface area contributed by atoms with Gasteiger partial charge in [0.25, 0.3) is 5.91 Å². The third-order valence-corrected chi connectivity index (χ3v) is 1.92. The highest BCUT2D eigenvalue weighted by atomic mass is 16.5. The van der Waals surface area contributed by atoms with Gasteiger partial charge in [0.15, 0.2) is 6.61 Å². The van der Waals surface area contributed by atoms with Gasteiger partial charge >= 0.3 is 0 Å². The van der Waals surface area contributed by atoms with Crippen LogP contribution in [0.25, 0.3) is 0 Å². The van der Waals surface area contributed by atoms with Crippen LogP contribution in [0.15, 0.2) is 29.4 Å². The second-order valence-corrected chi connectivity index (χ2v) is 3.31. The Labute approximate surface area is 95.3 Å². The minimum absolute atomic E-state index is 0.0219. The molecule has 0 fully saturated rings. The molecule has 0 aliphatic rings. The van der Waals surface area contributed by atoms with Crippen molar-refractivity contribution in [3.8, 4) is 5.75 Å². The van der Waals surface area contributed by atoms with Gasteiger partial charge in [-0.1, -0.05) is 25.1 Å². The van der Waals surface area contributed by atoms with Gasteiger partial charge in [-0.15, -0.1) is 0 Å². The van der Waals surface area contributed by atoms with Gasteiger partial charge in [-0.05, 0) is 25.0 Å². The summed E-state index contributed by atoms with van der Waals surface area (Å²) >= 11 is 0. The molecule has 1 aromatic rings. The second-order valence-electron chi connectivity index (χ2n) is 3.31. The van der Waals surface area contributed by atoms with Crippen molar-refractivity contribution < 1.29 is 9.53 Å². The molecule has 0 saturated heterocycles. The SMILES string of the molecule is CCC=NNC(=O)COc1ccccc1C. The first-order valence-electron chi connectivity index (χ1n) is 5.22. The van der Waals surface area contributed by atoms with Crippen LogP contribution in [0.4, 0.5) is 0 Å². The van der Waals surface area contributed by atoms with E-state index in [1.807, 2.05) is 38.1 Å². The van der Waals surface area contributed by atoms with Gasteiger partial charge in [0.1, 0.15) is 5.75 Å². The molecule has 1 amide bonds. The summed E-state index contributed by atoms with van der Waals surface area (Å²) in [6, 6.07) is 7.56. The smallest absolute Gasteiger partial charge is 0.277 e. The van der Waals surface area contributed by atoms with Crippen molar-refractivity contribution in [3.05, 3.63) is 29.8 Å². The largest absolute Gasteiger partial charge is 0.483 e. The molecule has 1 N–H and O–H groups in total. The van der Waals surface area contributed by atoms with Gasteiger partial charge in [0, 0.05) is 6.21 Å². The lowest BCUT2D eigenvalue weighted by Crippen LogP contribution is -2.24. The van der Waals surface area contributed by atoms with Crippen molar-refractivity contribution in [2.75, 3.05) is 6.61 Å². The second kappa shape index (κ2) is 6.61. The van der Waals surface area contributed by atoms with Gasteiger partial charge in [-0.25, -0.2) is 5.43 Å². The number of hydrogen-bond acceptors (Lipinski definition) is 3. The molecule has 0 aliphatic heterocycles. The van der Waals surface area contributed by atoms with Crippen LogP contribution in [0.1, 0.15) is 18.9 Å². The topological polar surface area (TPSA) is 50.7 Å². The molecule has 0 heterocycles. The predicted octanol–water partition coefficient (Wildman–Crippen LogP) is 1.89. The number of para-hydroxylation sites is 1. The number of carbonyl (C=O) groups is 1. The van der Waals surface area contributed by atoms with E-state index in [2.05, 4.69) is 10.5 Å². The number of amides is 1. The Balaban J connectivity index is 2.37. The lowest BCUT2D eigenvalue weighted by atomic mass is 10.2. The van der Waals surface area contributed by atoms with Crippen LogP contribution in [0.5, 0.6) is 5.75 Å². The van der Waals surface area contributed by atoms with E-state index in [9.17, 15) is 4.79 Å². The molecule has 0 spiro atoms. The van der Waals surface area contributed by atoms with Crippen molar-refractivity contribution >= 4 is 12.1 Å². The van der Waals surface area contributed by atoms with E-state index in [0.29, 0.717) is 0 Å². The van der Waals surface area contributed by atoms with Crippen molar-refractivity contribution in [3.63, 3.8) is 0 Å². The monoisotopic (exact) mass is 220 g/mol. The highest BCUT2D eigenvalue weighted by Crippen LogP contribution is 2.15. The normalized spacial score (nSPS) is 10.4. The molecule has 0 unspecified atom stereocenters. The van der Waals surface area contributed by atoms with E-state index in [4.69, 9.17) is 4.74 Å². The molecule has 0 aliphatic carbocycles. The highest BCUT2D eigenvalue weighted by Gasteiger charge is 2.02. The Hall–Kier alpha value is -1.84. The quantitative estimate of drug-likeness (QED) is 0.608. The fraction of sp³-hybridized carbons (Fsp3) is 0.333. The summed E-state index contributed by atoms with van der Waals surface area (Å²) in [5, 5.41) is 3.72. The molecule has 1 rings (SSSR count). The average Bonchev–Trinajstić information content (AvgIpc) is 2.28. The minimum atomic E-state index is -0.257. The summed E-state index contributed by atoms with van der Waals surface area (Å²) in [6.45, 7) is 3.86. The van der Waals surface area contributed by atoms with Crippen LogP contribution >= 0.6 is 0 Å². The number of ether oxygens (including phenoxy) is 1. The number of aryl methyl sites for hydroxylation is 1. The highest BCUT2D eigenvalue weighted by molar-refractivity contribution is 5.78. The standard InChI is InChI=1S/C12H16N2O2/c1-3-8-13-14-12(15)9-16-11-7-5-4-6-10(11)2/h4-8H,3,9H2,1-2H3,(H,14,15). The third kappa shape index (κ3) is 4.13. The zero-order chi connectivity index (χ0) is 11.8. The minimum Gasteiger partial charge on any atom is -0.483 e. The number of nitrogens with one attached hydrogen (secondary N) is 1. The molecule has 16 heavy (non-hydrogen) atoms. The zero-order valence-electron chi connectivity index (χ0n) is 9.56. The summed E-state index contributed by atoms with van der Waals surface area (Å²) in [5.74, 6) is 0.463. The Morgan fingerprint density at radius 2 is 2.25 bits per heavy atom. The first-order valence-corrected chi connectivity index (χ1v) is 5.22. The maximum atomic E-state index is 11.3. The lowest BCUT2D eigenvalue weighted by molar-refractivity contribution is -0.123. The van der Waals surface area contributed by atoms with Gasteiger partial charge in [-0.2, -0.15) is 5.10 Å². The van der Waals surface area contributed by atoms with Gasteiger partial charge in [-0.3, -0.25) is 4.79 Å². The van der Waals surface area contributed by atoms with Crippen LogP contribution < -0.4 is 10.2 Å². The van der Waals surface area contributed by atoms with E-state index in [0.717, 1.165) is 17.7 Å². The molecule has 0 aromatic heterocycles. The summed E-state index contributed by atoms with van der Waals surface area (Å²) < 4.78 is 5.34. The van der Waals surface area contributed by atoms with E-state index in [1.54, 1.807) is 6.21 Å². The van der Waals surface area contributed by atoms with Crippen LogP contribution in [-0.2, 0) is 4.79 Å². The Morgan fingerprint density at radius 1 is 1.50 bits per heavy atom. The van der Waals surface area contributed by atoms with E-state index in [1.165, 1.54) is 0 Å². The van der Waals surface area contributed by atoms with Crippen LogP contribution in [0.2, 0.25) is 0 Å². The molecule has 0 atom stereocenters. The van der Waals surface area contributed by atoms with Crippen molar-refractivity contribution in [1.29, 1.82) is 0 Å². The first kappa shape index (κ1) is 12.2. The van der Waals surface area contributed by atoms with Gasteiger partial charge < -0.3 is 4.74 Å². The zero-order valence-corrected chi connectivity index (χ0v) is 9.56. The number of carbonyl (C=O) groups excluding carboxylic acids is 1. The Morgan fingerprint density at radius 3 is 2.94 bits per heavy atom. The molecule has 4 heteroatoms. The molecule has 86 valence electrons. The molecule has 1 aromatic carbocycles. The number of hydrogen-bond donors (Lipinski definition) is 1. The fourth-order valence-corrected chi connectivity index (χ4v) is 1.10. The van der Waals surface area contributed by atoms with E-state index >= 15 is 0 Å². The van der Waals surface area contributed by atoms with Gasteiger partial charge in [0.2, 0.25) is 0 Å². The number of rotatable bonds is 5. The first-order chi connectivity index (χ1) is 7.74. The maximum absolute atomic E-state index is 11.3. The summed E-state index contributed by atoms with van der Waals surface area (Å²) in [6.07, 6.45) is 2.42. The fourth-order valence-electron chi connectivity index (χ4n) is 1.10. The predicted molar refractivity (Wildman–Crippen MR) is 63.6 cm³/mol. The molecule has 4 nitrogen and oxygen atoms in total. The number of nitrogens with zero attached hydrogens (tertiary/aromatic N) is 1. The van der Waals surface area contributed by atoms with Crippen LogP contribution in [0.3, 0.4) is 0 Å². The molecule has 0 radical (unpaired) electrons. The van der Waals surface area contributed by atoms with Crippen LogP contribution in [-0.4, -0.2) is 18.7 Å². The molecular formula is C12H16N2O2. The average molecular weight is 220 g/mol. The lowest BCUT2D eigenvalue weighted by Gasteiger charge is -2.07.